The second-order valence-electron chi connectivity index (χ2n) is 4.39. The second kappa shape index (κ2) is 5.32. The quantitative estimate of drug-likeness (QED) is 0.574. The van der Waals surface area contributed by atoms with Crippen molar-refractivity contribution in [2.75, 3.05) is 11.4 Å². The molecule has 6 nitrogen and oxygen atoms in total. The number of hydrogen-bond donors (Lipinski definition) is 2. The number of carbonyl (C=O) groups is 1. The van der Waals surface area contributed by atoms with Crippen molar-refractivity contribution < 1.29 is 27.1 Å². The first-order valence-corrected chi connectivity index (χ1v) is 7.42. The van der Waals surface area contributed by atoms with Gasteiger partial charge < -0.3 is 14.9 Å². The maximum Gasteiger partial charge on any atom is 0.488 e. The van der Waals surface area contributed by atoms with Gasteiger partial charge in [0.25, 0.3) is 0 Å². The van der Waals surface area contributed by atoms with Gasteiger partial charge in [-0.15, -0.1) is 3.89 Å². The molecule has 1 atom stereocenters. The Labute approximate surface area is 120 Å². The summed E-state index contributed by atoms with van der Waals surface area (Å²) in [5.41, 5.74) is 0.206. The summed E-state index contributed by atoms with van der Waals surface area (Å²) in [7, 11) is -6.58. The highest BCUT2D eigenvalue weighted by Crippen LogP contribution is 2.30. The van der Waals surface area contributed by atoms with Gasteiger partial charge in [-0.25, -0.2) is 0 Å². The molecule has 0 aromatic heterocycles. The van der Waals surface area contributed by atoms with Crippen LogP contribution in [0.15, 0.2) is 18.2 Å². The van der Waals surface area contributed by atoms with Crippen LogP contribution in [0.4, 0.5) is 9.57 Å². The van der Waals surface area contributed by atoms with Crippen molar-refractivity contribution in [2.24, 2.45) is 0 Å². The average Bonchev–Trinajstić information content (AvgIpc) is 2.71. The van der Waals surface area contributed by atoms with E-state index in [1.54, 1.807) is 0 Å². The maximum absolute atomic E-state index is 12.9. The van der Waals surface area contributed by atoms with Crippen LogP contribution < -0.4 is 10.4 Å². The lowest BCUT2D eigenvalue weighted by molar-refractivity contribution is -0.117. The highest BCUT2D eigenvalue weighted by Gasteiger charge is 2.39. The van der Waals surface area contributed by atoms with Crippen molar-refractivity contribution in [3.05, 3.63) is 23.2 Å². The molecule has 1 fully saturated rings. The zero-order valence-electron chi connectivity index (χ0n) is 10.0. The summed E-state index contributed by atoms with van der Waals surface area (Å²) in [5.74, 6) is -0.595. The van der Waals surface area contributed by atoms with Gasteiger partial charge in [-0.2, -0.15) is 8.42 Å². The first-order chi connectivity index (χ1) is 9.20. The molecule has 0 aliphatic carbocycles. The molecule has 1 aliphatic rings. The van der Waals surface area contributed by atoms with Gasteiger partial charge in [0.1, 0.15) is 5.25 Å². The summed E-state index contributed by atoms with van der Waals surface area (Å²) in [5, 5.41) is 16.9. The smallest absolute Gasteiger partial charge is 0.423 e. The van der Waals surface area contributed by atoms with Gasteiger partial charge in [-0.1, -0.05) is 17.7 Å². The fraction of sp³-hybridized carbons (Fsp3) is 0.300. The fourth-order valence-electron chi connectivity index (χ4n) is 1.99. The van der Waals surface area contributed by atoms with Gasteiger partial charge in [-0.05, 0) is 17.6 Å². The molecular weight excluding hydrogens is 311 g/mol. The number of halogens is 2. The lowest BCUT2D eigenvalue weighted by Crippen LogP contribution is -2.32. The Morgan fingerprint density at radius 1 is 1.40 bits per heavy atom. The van der Waals surface area contributed by atoms with Crippen LogP contribution >= 0.6 is 11.6 Å². The van der Waals surface area contributed by atoms with Crippen molar-refractivity contribution in [1.82, 2.24) is 0 Å². The van der Waals surface area contributed by atoms with E-state index in [-0.39, 0.29) is 22.7 Å². The maximum atomic E-state index is 12.9. The van der Waals surface area contributed by atoms with E-state index in [0.717, 1.165) is 4.90 Å². The van der Waals surface area contributed by atoms with Crippen LogP contribution in [0.5, 0.6) is 0 Å². The molecule has 20 heavy (non-hydrogen) atoms. The van der Waals surface area contributed by atoms with Crippen LogP contribution in [0.1, 0.15) is 6.42 Å². The lowest BCUT2D eigenvalue weighted by Gasteiger charge is -2.18. The Morgan fingerprint density at radius 2 is 2.05 bits per heavy atom. The van der Waals surface area contributed by atoms with Crippen LogP contribution in [0.2, 0.25) is 5.02 Å². The van der Waals surface area contributed by atoms with Crippen molar-refractivity contribution in [3.63, 3.8) is 0 Å². The standard InChI is InChI=1S/C10H10BClFNO5S/c12-8-2-1-6(11(16)17)3-9(8)14-5-7(4-10(14)15)20(13,18)19/h1-3,7,16-17H,4-5H2. The number of anilines is 1. The van der Waals surface area contributed by atoms with Crippen molar-refractivity contribution in [2.45, 2.75) is 11.7 Å². The number of amides is 1. The minimum atomic E-state index is -4.82. The van der Waals surface area contributed by atoms with Crippen molar-refractivity contribution in [1.29, 1.82) is 0 Å². The third-order valence-electron chi connectivity index (χ3n) is 3.05. The third kappa shape index (κ3) is 2.95. The molecule has 0 radical (unpaired) electrons. The molecule has 2 N–H and O–H groups in total. The van der Waals surface area contributed by atoms with Crippen LogP contribution in [0.25, 0.3) is 0 Å². The highest BCUT2D eigenvalue weighted by atomic mass is 35.5. The van der Waals surface area contributed by atoms with Crippen LogP contribution in [-0.4, -0.2) is 43.3 Å². The van der Waals surface area contributed by atoms with E-state index in [9.17, 15) is 17.1 Å². The summed E-state index contributed by atoms with van der Waals surface area (Å²) in [6, 6.07) is 3.94. The number of hydrogen-bond acceptors (Lipinski definition) is 5. The van der Waals surface area contributed by atoms with Crippen LogP contribution in [-0.2, 0) is 15.0 Å². The van der Waals surface area contributed by atoms with Gasteiger partial charge in [-0.3, -0.25) is 4.79 Å². The van der Waals surface area contributed by atoms with E-state index < -0.39 is 34.9 Å². The molecule has 0 saturated carbocycles. The van der Waals surface area contributed by atoms with E-state index in [4.69, 9.17) is 21.6 Å². The van der Waals surface area contributed by atoms with Gasteiger partial charge in [0.2, 0.25) is 5.91 Å². The molecule has 2 rings (SSSR count). The predicted octanol–water partition coefficient (Wildman–Crippen LogP) is -0.576. The highest BCUT2D eigenvalue weighted by molar-refractivity contribution is 7.87. The Hall–Kier alpha value is -1.16. The molecular formula is C10H10BClFNO5S. The van der Waals surface area contributed by atoms with E-state index in [2.05, 4.69) is 0 Å². The number of nitrogens with zero attached hydrogens (tertiary/aromatic N) is 1. The molecule has 1 aromatic rings. The van der Waals surface area contributed by atoms with E-state index in [0.29, 0.717) is 0 Å². The second-order valence-corrected chi connectivity index (χ2v) is 6.42. The molecule has 0 bridgehead atoms. The molecule has 1 amide bonds. The summed E-state index contributed by atoms with van der Waals surface area (Å²) in [6.45, 7) is -0.359. The average molecular weight is 322 g/mol. The summed E-state index contributed by atoms with van der Waals surface area (Å²) < 4.78 is 34.7. The largest absolute Gasteiger partial charge is 0.488 e. The van der Waals surface area contributed by atoms with Crippen molar-refractivity contribution >= 4 is 46.0 Å². The van der Waals surface area contributed by atoms with Crippen LogP contribution in [0.3, 0.4) is 0 Å². The summed E-state index contributed by atoms with van der Waals surface area (Å²) >= 11 is 5.91. The van der Waals surface area contributed by atoms with E-state index >= 15 is 0 Å². The minimum absolute atomic E-state index is 0.0868. The molecule has 0 spiro atoms. The fourth-order valence-corrected chi connectivity index (χ4v) is 2.88. The van der Waals surface area contributed by atoms with Gasteiger partial charge >= 0.3 is 17.3 Å². The minimum Gasteiger partial charge on any atom is -0.423 e. The summed E-state index contributed by atoms with van der Waals surface area (Å²) in [6.07, 6.45) is -0.471. The molecule has 1 aliphatic heterocycles. The van der Waals surface area contributed by atoms with Crippen molar-refractivity contribution in [3.8, 4) is 0 Å². The zero-order valence-corrected chi connectivity index (χ0v) is 11.6. The topological polar surface area (TPSA) is 94.9 Å². The van der Waals surface area contributed by atoms with Gasteiger partial charge in [0.05, 0.1) is 10.7 Å². The monoisotopic (exact) mass is 321 g/mol. The Morgan fingerprint density at radius 3 is 2.55 bits per heavy atom. The normalized spacial score (nSPS) is 19.5. The van der Waals surface area contributed by atoms with Gasteiger partial charge in [0.15, 0.2) is 0 Å². The molecule has 10 heteroatoms. The third-order valence-corrected chi connectivity index (χ3v) is 4.48. The molecule has 1 heterocycles. The van der Waals surface area contributed by atoms with Gasteiger partial charge in [0, 0.05) is 13.0 Å². The Kier molecular flexibility index (Phi) is 4.05. The Balaban J connectivity index is 2.37. The number of benzene rings is 1. The Bertz CT molecular complexity index is 653. The molecule has 1 unspecified atom stereocenters. The molecule has 108 valence electrons. The first kappa shape index (κ1) is 15.2. The molecule has 1 saturated heterocycles. The number of carbonyl (C=O) groups excluding carboxylic acids is 1. The first-order valence-electron chi connectivity index (χ1n) is 5.59. The van der Waals surface area contributed by atoms with E-state index in [1.165, 1.54) is 18.2 Å². The lowest BCUT2D eigenvalue weighted by atomic mass is 9.80. The summed E-state index contributed by atoms with van der Waals surface area (Å²) in [4.78, 5) is 12.8. The molecule has 1 aromatic carbocycles. The van der Waals surface area contributed by atoms with E-state index in [1.807, 2.05) is 0 Å². The zero-order chi connectivity index (χ0) is 15.1. The SMILES string of the molecule is O=C1CC(S(=O)(=O)F)CN1c1cc(B(O)O)ccc1Cl. The predicted molar refractivity (Wildman–Crippen MR) is 72.1 cm³/mol. The van der Waals surface area contributed by atoms with Crippen LogP contribution in [0, 0.1) is 0 Å². The number of rotatable bonds is 3.